The van der Waals surface area contributed by atoms with Gasteiger partial charge in [-0.3, -0.25) is 0 Å². The summed E-state index contributed by atoms with van der Waals surface area (Å²) in [6.45, 7) is 5.65. The highest BCUT2D eigenvalue weighted by atomic mass is 16.4. The van der Waals surface area contributed by atoms with Crippen molar-refractivity contribution in [1.82, 2.24) is 5.32 Å². The van der Waals surface area contributed by atoms with Gasteiger partial charge in [-0.1, -0.05) is 19.0 Å². The molecule has 0 radical (unpaired) electrons. The van der Waals surface area contributed by atoms with Crippen LogP contribution in [-0.4, -0.2) is 24.1 Å². The monoisotopic (exact) mass is 211 g/mol. The number of hydrogen-bond donors (Lipinski definition) is 3. The number of nitrogens with zero attached hydrogens (tertiary/aromatic N) is 1. The topological polar surface area (TPSA) is 70.6 Å². The van der Waals surface area contributed by atoms with E-state index >= 15 is 0 Å². The van der Waals surface area contributed by atoms with Crippen LogP contribution in [0.25, 0.3) is 0 Å². The molecule has 0 aromatic heterocycles. The number of nitrogens with one attached hydrogen (secondary N) is 1. The van der Waals surface area contributed by atoms with Crippen molar-refractivity contribution in [1.29, 1.82) is 0 Å². The lowest BCUT2D eigenvalue weighted by Gasteiger charge is -2.22. The second-order valence-electron chi connectivity index (χ2n) is 4.18. The molecule has 0 aliphatic heterocycles. The lowest BCUT2D eigenvalue weighted by atomic mass is 9.88. The average Bonchev–Trinajstić information content (AvgIpc) is 2.22. The molecule has 4 N–H and O–H groups in total. The first-order chi connectivity index (χ1) is 7.04. The van der Waals surface area contributed by atoms with Gasteiger partial charge in [0.25, 0.3) is 0 Å². The second kappa shape index (κ2) is 7.13. The maximum Gasteiger partial charge on any atom is 0.144 e. The molecule has 4 heteroatoms. The van der Waals surface area contributed by atoms with Crippen LogP contribution in [0.1, 0.15) is 33.1 Å². The molecule has 0 bridgehead atoms. The van der Waals surface area contributed by atoms with Gasteiger partial charge in [0, 0.05) is 11.8 Å². The van der Waals surface area contributed by atoms with Gasteiger partial charge in [0.1, 0.15) is 5.84 Å². The fraction of sp³-hybridized carbons (Fsp3) is 0.727. The van der Waals surface area contributed by atoms with E-state index in [4.69, 9.17) is 17.4 Å². The van der Waals surface area contributed by atoms with E-state index in [1.54, 1.807) is 0 Å². The quantitative estimate of drug-likeness (QED) is 0.148. The van der Waals surface area contributed by atoms with Gasteiger partial charge in [-0.25, -0.2) is 0 Å². The van der Waals surface area contributed by atoms with Crippen LogP contribution in [0.2, 0.25) is 0 Å². The van der Waals surface area contributed by atoms with Crippen LogP contribution >= 0.6 is 0 Å². The summed E-state index contributed by atoms with van der Waals surface area (Å²) in [4.78, 5) is 0. The normalized spacial score (nSPS) is 12.5. The Kier molecular flexibility index (Phi) is 6.56. The molecule has 0 saturated carbocycles. The number of oxime groups is 1. The average molecular weight is 211 g/mol. The van der Waals surface area contributed by atoms with Crippen LogP contribution in [0.5, 0.6) is 0 Å². The molecule has 0 aliphatic rings. The lowest BCUT2D eigenvalue weighted by molar-refractivity contribution is 0.305. The van der Waals surface area contributed by atoms with Crippen molar-refractivity contribution in [2.75, 3.05) is 13.1 Å². The minimum absolute atomic E-state index is 0.270. The summed E-state index contributed by atoms with van der Waals surface area (Å²) >= 11 is 0. The molecule has 0 spiro atoms. The summed E-state index contributed by atoms with van der Waals surface area (Å²) in [7, 11) is 0. The molecule has 0 unspecified atom stereocenters. The highest BCUT2D eigenvalue weighted by molar-refractivity contribution is 5.85. The van der Waals surface area contributed by atoms with Crippen LogP contribution in [0.3, 0.4) is 0 Å². The van der Waals surface area contributed by atoms with E-state index in [1.807, 2.05) is 13.8 Å². The van der Waals surface area contributed by atoms with Crippen LogP contribution < -0.4 is 11.1 Å². The van der Waals surface area contributed by atoms with E-state index in [2.05, 4.69) is 16.4 Å². The highest BCUT2D eigenvalue weighted by Crippen LogP contribution is 2.19. The Labute approximate surface area is 91.9 Å². The van der Waals surface area contributed by atoms with Crippen LogP contribution in [0.15, 0.2) is 5.16 Å². The Morgan fingerprint density at radius 3 is 2.73 bits per heavy atom. The van der Waals surface area contributed by atoms with Crippen molar-refractivity contribution >= 4 is 5.84 Å². The summed E-state index contributed by atoms with van der Waals surface area (Å²) in [5.41, 5.74) is 5.29. The smallest absolute Gasteiger partial charge is 0.144 e. The molecule has 86 valence electrons. The number of unbranched alkanes of at least 4 members (excludes halogenated alkanes) is 1. The Morgan fingerprint density at radius 2 is 2.20 bits per heavy atom. The molecule has 0 fully saturated rings. The zero-order chi connectivity index (χ0) is 11.7. The summed E-state index contributed by atoms with van der Waals surface area (Å²) in [6, 6.07) is 0. The molecule has 0 atom stereocenters. The molecular weight excluding hydrogens is 190 g/mol. The van der Waals surface area contributed by atoms with E-state index < -0.39 is 0 Å². The third-order valence-electron chi connectivity index (χ3n) is 2.40. The van der Waals surface area contributed by atoms with Gasteiger partial charge in [-0.05, 0) is 25.9 Å². The van der Waals surface area contributed by atoms with E-state index in [0.717, 1.165) is 32.4 Å². The molecule has 0 rings (SSSR count). The predicted molar refractivity (Wildman–Crippen MR) is 62.7 cm³/mol. The molecule has 0 aliphatic carbocycles. The lowest BCUT2D eigenvalue weighted by Crippen LogP contribution is -2.35. The second-order valence-corrected chi connectivity index (χ2v) is 4.18. The van der Waals surface area contributed by atoms with Gasteiger partial charge in [0.05, 0.1) is 0 Å². The highest BCUT2D eigenvalue weighted by Gasteiger charge is 2.22. The van der Waals surface area contributed by atoms with Gasteiger partial charge in [0.15, 0.2) is 0 Å². The fourth-order valence-corrected chi connectivity index (χ4v) is 1.10. The number of amidine groups is 1. The first-order valence-corrected chi connectivity index (χ1v) is 5.17. The summed E-state index contributed by atoms with van der Waals surface area (Å²) in [6.07, 6.45) is 7.75. The van der Waals surface area contributed by atoms with Crippen molar-refractivity contribution < 1.29 is 5.21 Å². The zero-order valence-corrected chi connectivity index (χ0v) is 9.58. The van der Waals surface area contributed by atoms with Crippen molar-refractivity contribution in [3.05, 3.63) is 0 Å². The molecular formula is C11H21N3O. The van der Waals surface area contributed by atoms with Crippen LogP contribution in [0.4, 0.5) is 0 Å². The predicted octanol–water partition coefficient (Wildman–Crippen LogP) is 1.15. The van der Waals surface area contributed by atoms with Gasteiger partial charge in [0.2, 0.25) is 0 Å². The molecule has 4 nitrogen and oxygen atoms in total. The van der Waals surface area contributed by atoms with E-state index in [0.29, 0.717) is 0 Å². The number of hydrogen-bond acceptors (Lipinski definition) is 3. The van der Waals surface area contributed by atoms with Crippen molar-refractivity contribution in [3.8, 4) is 12.3 Å². The standard InChI is InChI=1S/C11H21N3O/c1-4-5-6-8-13-9-7-11(2,3)10(12)14-15/h1,13,15H,5-9H2,2-3H3,(H2,12,14). The molecule has 15 heavy (non-hydrogen) atoms. The fourth-order valence-electron chi connectivity index (χ4n) is 1.10. The Morgan fingerprint density at radius 1 is 1.53 bits per heavy atom. The van der Waals surface area contributed by atoms with Gasteiger partial charge in [-0.2, -0.15) is 0 Å². The molecule has 0 amide bonds. The van der Waals surface area contributed by atoms with E-state index in [9.17, 15) is 0 Å². The minimum Gasteiger partial charge on any atom is -0.409 e. The Hall–Kier alpha value is -1.21. The molecule has 0 heterocycles. The molecule has 0 saturated heterocycles. The number of rotatable bonds is 7. The minimum atomic E-state index is -0.270. The van der Waals surface area contributed by atoms with Crippen molar-refractivity contribution in [3.63, 3.8) is 0 Å². The third kappa shape index (κ3) is 5.97. The maximum atomic E-state index is 8.56. The third-order valence-corrected chi connectivity index (χ3v) is 2.40. The zero-order valence-electron chi connectivity index (χ0n) is 9.58. The number of nitrogens with two attached hydrogens (primary N) is 1. The maximum absolute atomic E-state index is 8.56. The van der Waals surface area contributed by atoms with E-state index in [1.165, 1.54) is 0 Å². The summed E-state index contributed by atoms with van der Waals surface area (Å²) in [5, 5.41) is 14.9. The van der Waals surface area contributed by atoms with Crippen molar-refractivity contribution in [2.24, 2.45) is 16.3 Å². The largest absolute Gasteiger partial charge is 0.409 e. The molecule has 0 aromatic carbocycles. The SMILES string of the molecule is C#CCCCNCCC(C)(C)C(N)=NO. The number of terminal acetylenes is 1. The van der Waals surface area contributed by atoms with Gasteiger partial charge < -0.3 is 16.3 Å². The molecule has 0 aromatic rings. The van der Waals surface area contributed by atoms with Crippen molar-refractivity contribution in [2.45, 2.75) is 33.1 Å². The summed E-state index contributed by atoms with van der Waals surface area (Å²) < 4.78 is 0. The van der Waals surface area contributed by atoms with Gasteiger partial charge >= 0.3 is 0 Å². The first-order valence-electron chi connectivity index (χ1n) is 5.17. The van der Waals surface area contributed by atoms with Gasteiger partial charge in [-0.15, -0.1) is 12.3 Å². The Balaban J connectivity index is 3.63. The van der Waals surface area contributed by atoms with Crippen LogP contribution in [0, 0.1) is 17.8 Å². The summed E-state index contributed by atoms with van der Waals surface area (Å²) in [5.74, 6) is 2.86. The van der Waals surface area contributed by atoms with Crippen LogP contribution in [-0.2, 0) is 0 Å². The van der Waals surface area contributed by atoms with E-state index in [-0.39, 0.29) is 11.3 Å². The first kappa shape index (κ1) is 13.8. The Bertz CT molecular complexity index is 241.